The number of benzene rings is 7. The van der Waals surface area contributed by atoms with Gasteiger partial charge in [0.05, 0.1) is 26.2 Å². The van der Waals surface area contributed by atoms with E-state index >= 15 is 0 Å². The first-order chi connectivity index (χ1) is 54.8. The molecule has 2 unspecified atom stereocenters. The van der Waals surface area contributed by atoms with Crippen LogP contribution in [0.4, 0.5) is 17.6 Å². The summed E-state index contributed by atoms with van der Waals surface area (Å²) in [6.07, 6.45) is 12.1. The highest BCUT2D eigenvalue weighted by Gasteiger charge is 2.28. The zero-order valence-corrected chi connectivity index (χ0v) is 63.7. The van der Waals surface area contributed by atoms with Crippen LogP contribution in [0.25, 0.3) is 33.4 Å². The number of rotatable bonds is 20. The van der Waals surface area contributed by atoms with E-state index in [0.29, 0.717) is 40.9 Å². The van der Waals surface area contributed by atoms with Gasteiger partial charge in [-0.3, -0.25) is 49.5 Å². The molecule has 5 aromatic heterocycles. The van der Waals surface area contributed by atoms with E-state index in [1.54, 1.807) is 85.2 Å². The molecule has 2 fully saturated rings. The maximum Gasteiger partial charge on any atom is 0.354 e. The molecule has 0 aliphatic carbocycles. The molecule has 2 aliphatic heterocycles. The van der Waals surface area contributed by atoms with Gasteiger partial charge in [0.1, 0.15) is 51.7 Å². The summed E-state index contributed by atoms with van der Waals surface area (Å²) in [5.74, 6) is -4.38. The number of aromatic carboxylic acids is 1. The zero-order chi connectivity index (χ0) is 79.9. The summed E-state index contributed by atoms with van der Waals surface area (Å²) < 4.78 is 64.9. The third kappa shape index (κ3) is 26.6. The predicted octanol–water partition coefficient (Wildman–Crippen LogP) is 18.5. The maximum atomic E-state index is 13.3. The monoisotopic (exact) mass is 1660 g/mol. The van der Waals surface area contributed by atoms with E-state index < -0.39 is 30.4 Å². The topological polar surface area (TPSA) is 260 Å². The second-order valence-corrected chi connectivity index (χ2v) is 27.0. The Morgan fingerprint density at radius 3 is 0.929 bits per heavy atom. The SMILES string of the molecule is O=C(O)c1cc(Br)ccn1.O=C(c1cc(-c2ccccc2)ccn1)N(Cc1ccc(F)cc1)OC1CCCCO1.O=C(c1cc(-c2ccccc2)ccn1)N(O)Cc1ccc(F)cc1.O=C(c1cc(-c2ccccc2)ccn1)N(O)Cc1ccc(F)cc1.O=C(c1cc(Br)ccn1)N(Cc1ccc(F)cc1)OC1CCCCO1. The van der Waals surface area contributed by atoms with Crippen molar-refractivity contribution in [2.24, 2.45) is 0 Å². The lowest BCUT2D eigenvalue weighted by molar-refractivity contribution is -0.270. The fraction of sp³-hybridized carbons (Fsp3) is 0.163. The number of carboxylic acids is 1. The van der Waals surface area contributed by atoms with Gasteiger partial charge in [-0.05, 0) is 191 Å². The van der Waals surface area contributed by atoms with Gasteiger partial charge in [0.2, 0.25) is 0 Å². The molecule has 0 saturated carbocycles. The lowest BCUT2D eigenvalue weighted by Crippen LogP contribution is -2.37. The highest BCUT2D eigenvalue weighted by atomic mass is 79.9. The molecule has 0 spiro atoms. The third-order valence-corrected chi connectivity index (χ3v) is 17.8. The molecular weight excluding hydrogens is 1590 g/mol. The van der Waals surface area contributed by atoms with Crippen molar-refractivity contribution in [2.45, 2.75) is 77.3 Å². The molecule has 4 amide bonds. The fourth-order valence-electron chi connectivity index (χ4n) is 11.0. The maximum absolute atomic E-state index is 13.3. The van der Waals surface area contributed by atoms with Crippen LogP contribution in [0.2, 0.25) is 0 Å². The Morgan fingerprint density at radius 1 is 0.354 bits per heavy atom. The van der Waals surface area contributed by atoms with Gasteiger partial charge in [-0.2, -0.15) is 0 Å². The van der Waals surface area contributed by atoms with E-state index in [4.69, 9.17) is 24.3 Å². The van der Waals surface area contributed by atoms with Crippen LogP contribution in [0.5, 0.6) is 0 Å². The minimum atomic E-state index is -1.01. The van der Waals surface area contributed by atoms with Crippen LogP contribution in [0.3, 0.4) is 0 Å². The van der Waals surface area contributed by atoms with Crippen LogP contribution in [0.1, 0.15) is 113 Å². The molecule has 21 nitrogen and oxygen atoms in total. The molecule has 578 valence electrons. The second kappa shape index (κ2) is 43.0. The van der Waals surface area contributed by atoms with Crippen molar-refractivity contribution in [3.63, 3.8) is 0 Å². The van der Waals surface area contributed by atoms with E-state index in [2.05, 4.69) is 56.8 Å². The third-order valence-electron chi connectivity index (χ3n) is 16.8. The van der Waals surface area contributed by atoms with Crippen LogP contribution in [0, 0.1) is 23.3 Å². The van der Waals surface area contributed by atoms with Gasteiger partial charge in [0.15, 0.2) is 12.6 Å². The number of hydroxylamine groups is 8. The first-order valence-electron chi connectivity index (χ1n) is 35.5. The number of carbonyl (C=O) groups is 5. The standard InChI is InChI=1S/C24H23FN2O3.2C19H15FN2O2.C18H18BrFN2O3.C6H4BrNO2/c25-21-11-9-18(10-12-21)17-27(30-23-8-4-5-15-29-23)24(28)22-16-20(13-14-26-22)19-6-2-1-3-7-19;2*20-17-8-6-14(7-9-17)13-22(24)19(23)18-12-16(10-11-21-18)15-4-2-1-3-5-15;19-14-8-9-21-16(11-14)18(23)22(25-17-3-1-2-10-24-17)12-13-4-6-15(20)7-5-13;7-4-1-2-8-5(3-4)6(9)10/h1-3,6-7,9-14,16,23H,4-5,8,15,17H2;2*1-12,24H,13H2;4-9,11,17H,1-3,10,12H2;1-3H,(H,9,10). The second-order valence-electron chi connectivity index (χ2n) is 25.1. The number of ether oxygens (including phenoxy) is 2. The molecule has 0 bridgehead atoms. The van der Waals surface area contributed by atoms with Crippen LogP contribution in [0.15, 0.2) is 289 Å². The molecule has 27 heteroatoms. The van der Waals surface area contributed by atoms with Crippen LogP contribution in [-0.2, 0) is 45.3 Å². The molecule has 7 heterocycles. The van der Waals surface area contributed by atoms with Gasteiger partial charge in [-0.1, -0.05) is 171 Å². The van der Waals surface area contributed by atoms with Crippen molar-refractivity contribution in [1.29, 1.82) is 0 Å². The molecule has 2 saturated heterocycles. The summed E-state index contributed by atoms with van der Waals surface area (Å²) in [6, 6.07) is 69.0. The summed E-state index contributed by atoms with van der Waals surface area (Å²) in [7, 11) is 0. The number of carboxylic acid groups (broad SMARTS) is 1. The highest BCUT2D eigenvalue weighted by molar-refractivity contribution is 9.10. The Balaban J connectivity index is 0.000000154. The fourth-order valence-corrected chi connectivity index (χ4v) is 11.7. The Kier molecular flexibility index (Phi) is 31.8. The van der Waals surface area contributed by atoms with Crippen molar-refractivity contribution >= 4 is 61.5 Å². The first kappa shape index (κ1) is 83.5. The molecule has 14 rings (SSSR count). The van der Waals surface area contributed by atoms with Gasteiger partial charge in [-0.15, -0.1) is 0 Å². The predicted molar refractivity (Wildman–Crippen MR) is 418 cm³/mol. The molecule has 7 aromatic carbocycles. The molecule has 0 radical (unpaired) electrons. The van der Waals surface area contributed by atoms with E-state index in [1.165, 1.54) is 108 Å². The van der Waals surface area contributed by atoms with Crippen LogP contribution >= 0.6 is 31.9 Å². The van der Waals surface area contributed by atoms with E-state index in [0.717, 1.165) is 85.6 Å². The average molecular weight is 1660 g/mol. The Morgan fingerprint density at radius 2 is 0.637 bits per heavy atom. The molecular formula is C86H75Br2F4N9O12. The summed E-state index contributed by atoms with van der Waals surface area (Å²) in [4.78, 5) is 92.8. The minimum Gasteiger partial charge on any atom is -0.477 e. The summed E-state index contributed by atoms with van der Waals surface area (Å²) in [5.41, 5.74) is 9.07. The van der Waals surface area contributed by atoms with Crippen molar-refractivity contribution in [3.8, 4) is 33.4 Å². The van der Waals surface area contributed by atoms with Gasteiger partial charge in [-0.25, -0.2) is 57.3 Å². The molecule has 12 aromatic rings. The minimum absolute atomic E-state index is 0.0453. The molecule has 113 heavy (non-hydrogen) atoms. The number of hydrogen-bond acceptors (Lipinski definition) is 16. The lowest BCUT2D eigenvalue weighted by atomic mass is 10.1. The number of carbonyl (C=O) groups excluding carboxylic acids is 4. The Hall–Kier alpha value is -11.9. The van der Waals surface area contributed by atoms with Crippen molar-refractivity contribution < 1.29 is 76.2 Å². The quantitative estimate of drug-likeness (QED) is 0.0364. The number of halogens is 6. The Bertz CT molecular complexity index is 4910. The summed E-state index contributed by atoms with van der Waals surface area (Å²) in [5, 5.41) is 32.1. The van der Waals surface area contributed by atoms with Gasteiger partial charge >= 0.3 is 5.97 Å². The Labute approximate surface area is 665 Å². The number of hydrogen-bond donors (Lipinski definition) is 3. The van der Waals surface area contributed by atoms with Crippen molar-refractivity contribution in [3.05, 3.63) is 363 Å². The lowest BCUT2D eigenvalue weighted by Gasteiger charge is -2.29. The van der Waals surface area contributed by atoms with Crippen molar-refractivity contribution in [2.75, 3.05) is 13.2 Å². The summed E-state index contributed by atoms with van der Waals surface area (Å²) in [6.45, 7) is 1.46. The van der Waals surface area contributed by atoms with Crippen LogP contribution < -0.4 is 0 Å². The number of pyridine rings is 5. The average Bonchev–Trinajstić information content (AvgIpc) is 0.839. The van der Waals surface area contributed by atoms with Gasteiger partial charge in [0, 0.05) is 66.0 Å². The van der Waals surface area contributed by atoms with Crippen molar-refractivity contribution in [1.82, 2.24) is 45.2 Å². The molecule has 3 N–H and O–H groups in total. The van der Waals surface area contributed by atoms with Gasteiger partial charge in [0.25, 0.3) is 23.6 Å². The first-order valence-corrected chi connectivity index (χ1v) is 37.1. The number of amides is 4. The van der Waals surface area contributed by atoms with Crippen LogP contribution in [-0.4, -0.2) is 116 Å². The summed E-state index contributed by atoms with van der Waals surface area (Å²) >= 11 is 6.46. The largest absolute Gasteiger partial charge is 0.477 e. The smallest absolute Gasteiger partial charge is 0.354 e. The highest BCUT2D eigenvalue weighted by Crippen LogP contribution is 2.27. The number of aromatic nitrogens is 5. The normalized spacial score (nSPS) is 13.4. The van der Waals surface area contributed by atoms with E-state index in [1.807, 2.05) is 97.1 Å². The van der Waals surface area contributed by atoms with E-state index in [9.17, 15) is 51.9 Å². The zero-order valence-electron chi connectivity index (χ0n) is 60.5. The number of nitrogens with zero attached hydrogens (tertiary/aromatic N) is 9. The molecule has 2 aliphatic rings. The van der Waals surface area contributed by atoms with E-state index in [-0.39, 0.29) is 89.7 Å². The molecule has 2 atom stereocenters. The van der Waals surface area contributed by atoms with Gasteiger partial charge < -0.3 is 14.6 Å².